The lowest BCUT2D eigenvalue weighted by Crippen LogP contribution is -1.92. The number of hydrogen-bond donors (Lipinski definition) is 1. The summed E-state index contributed by atoms with van der Waals surface area (Å²) in [6.07, 6.45) is 0. The number of benzene rings is 2. The first kappa shape index (κ1) is 12.9. The van der Waals surface area contributed by atoms with Crippen LogP contribution in [0.1, 0.15) is 0 Å². The average molecular weight is 429 g/mol. The van der Waals surface area contributed by atoms with Gasteiger partial charge >= 0.3 is 0 Å². The van der Waals surface area contributed by atoms with Crippen molar-refractivity contribution >= 4 is 49.6 Å². The van der Waals surface area contributed by atoms with Gasteiger partial charge in [-0.3, -0.25) is 0 Å². The number of rotatable bonds is 1. The lowest BCUT2D eigenvalue weighted by atomic mass is 10.2. The van der Waals surface area contributed by atoms with Gasteiger partial charge < -0.3 is 9.67 Å². The maximum atomic E-state index is 9.82. The Morgan fingerprint density at radius 1 is 1.21 bits per heavy atom. The molecule has 96 valence electrons. The monoisotopic (exact) mass is 428 g/mol. The second-order valence-electron chi connectivity index (χ2n) is 4.29. The minimum Gasteiger partial charge on any atom is -0.507 e. The van der Waals surface area contributed by atoms with Crippen molar-refractivity contribution in [3.63, 3.8) is 0 Å². The first-order valence-electron chi connectivity index (χ1n) is 5.67. The topological polar surface area (TPSA) is 38.0 Å². The third-order valence-corrected chi connectivity index (χ3v) is 4.45. The molecule has 1 N–H and O–H groups in total. The predicted octanol–water partition coefficient (Wildman–Crippen LogP) is 4.31. The highest BCUT2D eigenvalue weighted by Crippen LogP contribution is 2.29. The van der Waals surface area contributed by atoms with Gasteiger partial charge in [-0.25, -0.2) is 4.98 Å². The third kappa shape index (κ3) is 2.25. The molecule has 1 heterocycles. The Labute approximate surface area is 132 Å². The summed E-state index contributed by atoms with van der Waals surface area (Å²) >= 11 is 5.56. The molecule has 0 bridgehead atoms. The Kier molecular flexibility index (Phi) is 3.26. The summed E-state index contributed by atoms with van der Waals surface area (Å²) in [5.41, 5.74) is 2.91. The number of fused-ring (bicyclic) bond motifs is 1. The van der Waals surface area contributed by atoms with Gasteiger partial charge in [-0.2, -0.15) is 0 Å². The van der Waals surface area contributed by atoms with Gasteiger partial charge in [0.1, 0.15) is 11.6 Å². The summed E-state index contributed by atoms with van der Waals surface area (Å²) in [4.78, 5) is 4.63. The first-order chi connectivity index (χ1) is 9.06. The van der Waals surface area contributed by atoms with E-state index in [0.717, 1.165) is 30.5 Å². The van der Waals surface area contributed by atoms with E-state index in [9.17, 15) is 5.11 Å². The van der Waals surface area contributed by atoms with Crippen LogP contribution in [0.3, 0.4) is 0 Å². The molecule has 0 atom stereocenters. The molecule has 5 heteroatoms. The molecule has 0 spiro atoms. The number of phenolic OH excluding ortho intramolecular Hbond substituents is 1. The number of phenols is 1. The molecule has 19 heavy (non-hydrogen) atoms. The average Bonchev–Trinajstić information content (AvgIpc) is 2.70. The lowest BCUT2D eigenvalue weighted by molar-refractivity contribution is 0.471. The zero-order chi connectivity index (χ0) is 13.6. The smallest absolute Gasteiger partial charge is 0.140 e. The standard InChI is InChI=1S/C14H10BrIN2O/c1-18-12-5-3-9(15)7-11(12)17-14(18)8-2-4-10(16)13(19)6-8/h2-7,19H,1H3. The van der Waals surface area contributed by atoms with Crippen molar-refractivity contribution in [3.05, 3.63) is 44.4 Å². The van der Waals surface area contributed by atoms with E-state index < -0.39 is 0 Å². The van der Waals surface area contributed by atoms with Crippen molar-refractivity contribution in [2.24, 2.45) is 7.05 Å². The fourth-order valence-electron chi connectivity index (χ4n) is 2.08. The van der Waals surface area contributed by atoms with E-state index in [4.69, 9.17) is 0 Å². The van der Waals surface area contributed by atoms with E-state index in [1.807, 2.05) is 41.9 Å². The van der Waals surface area contributed by atoms with Crippen LogP contribution in [0, 0.1) is 3.57 Å². The normalized spacial score (nSPS) is 11.1. The van der Waals surface area contributed by atoms with Gasteiger partial charge in [0.25, 0.3) is 0 Å². The molecule has 1 aromatic heterocycles. The van der Waals surface area contributed by atoms with Crippen molar-refractivity contribution < 1.29 is 5.11 Å². The molecule has 0 radical (unpaired) electrons. The van der Waals surface area contributed by atoms with Gasteiger partial charge in [0, 0.05) is 17.1 Å². The minimum absolute atomic E-state index is 0.284. The summed E-state index contributed by atoms with van der Waals surface area (Å²) in [7, 11) is 1.98. The van der Waals surface area contributed by atoms with Crippen LogP contribution in [-0.4, -0.2) is 14.7 Å². The second kappa shape index (κ2) is 4.79. The van der Waals surface area contributed by atoms with Crippen molar-refractivity contribution in [3.8, 4) is 17.1 Å². The molecule has 0 fully saturated rings. The van der Waals surface area contributed by atoms with Crippen LogP contribution in [-0.2, 0) is 7.05 Å². The van der Waals surface area contributed by atoms with Crippen LogP contribution in [0.25, 0.3) is 22.4 Å². The predicted molar refractivity (Wildman–Crippen MR) is 88.2 cm³/mol. The Morgan fingerprint density at radius 2 is 2.00 bits per heavy atom. The van der Waals surface area contributed by atoms with E-state index in [1.54, 1.807) is 6.07 Å². The molecule has 0 saturated heterocycles. The van der Waals surface area contributed by atoms with Crippen molar-refractivity contribution in [2.75, 3.05) is 0 Å². The Bertz CT molecular complexity index is 782. The van der Waals surface area contributed by atoms with Crippen molar-refractivity contribution in [1.82, 2.24) is 9.55 Å². The zero-order valence-corrected chi connectivity index (χ0v) is 13.8. The SMILES string of the molecule is Cn1c(-c2ccc(I)c(O)c2)nc2cc(Br)ccc21. The molecular formula is C14H10BrIN2O. The molecule has 0 saturated carbocycles. The molecule has 0 aliphatic carbocycles. The Hall–Kier alpha value is -1.08. The van der Waals surface area contributed by atoms with Crippen LogP contribution in [0.15, 0.2) is 40.9 Å². The summed E-state index contributed by atoms with van der Waals surface area (Å²) in [6, 6.07) is 11.6. The maximum Gasteiger partial charge on any atom is 0.140 e. The Balaban J connectivity index is 2.24. The van der Waals surface area contributed by atoms with Crippen LogP contribution < -0.4 is 0 Å². The van der Waals surface area contributed by atoms with Gasteiger partial charge in [0.15, 0.2) is 0 Å². The summed E-state index contributed by atoms with van der Waals surface area (Å²) in [5.74, 6) is 1.13. The molecule has 0 unspecified atom stereocenters. The highest BCUT2D eigenvalue weighted by molar-refractivity contribution is 14.1. The number of imidazole rings is 1. The lowest BCUT2D eigenvalue weighted by Gasteiger charge is -2.04. The molecule has 0 aliphatic heterocycles. The number of aromatic nitrogens is 2. The van der Waals surface area contributed by atoms with E-state index in [2.05, 4.69) is 43.5 Å². The quantitative estimate of drug-likeness (QED) is 0.586. The zero-order valence-electron chi connectivity index (χ0n) is 10.1. The van der Waals surface area contributed by atoms with Gasteiger partial charge in [0.2, 0.25) is 0 Å². The molecule has 0 aliphatic rings. The molecule has 2 aromatic carbocycles. The van der Waals surface area contributed by atoms with Crippen molar-refractivity contribution in [2.45, 2.75) is 0 Å². The molecule has 0 amide bonds. The van der Waals surface area contributed by atoms with E-state index in [-0.39, 0.29) is 5.75 Å². The highest BCUT2D eigenvalue weighted by atomic mass is 127. The van der Waals surface area contributed by atoms with Gasteiger partial charge in [-0.1, -0.05) is 15.9 Å². The third-order valence-electron chi connectivity index (χ3n) is 3.05. The molecular weight excluding hydrogens is 419 g/mol. The summed E-state index contributed by atoms with van der Waals surface area (Å²) in [5, 5.41) is 9.82. The van der Waals surface area contributed by atoms with E-state index in [0.29, 0.717) is 0 Å². The van der Waals surface area contributed by atoms with E-state index in [1.165, 1.54) is 0 Å². The van der Waals surface area contributed by atoms with Crippen LogP contribution in [0.2, 0.25) is 0 Å². The van der Waals surface area contributed by atoms with Gasteiger partial charge in [-0.05, 0) is 59.0 Å². The van der Waals surface area contributed by atoms with Gasteiger partial charge in [-0.15, -0.1) is 0 Å². The maximum absolute atomic E-state index is 9.82. The minimum atomic E-state index is 0.284. The number of aromatic hydroxyl groups is 1. The molecule has 3 aromatic rings. The van der Waals surface area contributed by atoms with Crippen LogP contribution in [0.5, 0.6) is 5.75 Å². The van der Waals surface area contributed by atoms with E-state index >= 15 is 0 Å². The number of halogens is 2. The Morgan fingerprint density at radius 3 is 2.74 bits per heavy atom. The van der Waals surface area contributed by atoms with Crippen LogP contribution in [0.4, 0.5) is 0 Å². The number of nitrogens with zero attached hydrogens (tertiary/aromatic N) is 2. The number of hydrogen-bond acceptors (Lipinski definition) is 2. The molecule has 3 rings (SSSR count). The van der Waals surface area contributed by atoms with Crippen LogP contribution >= 0.6 is 38.5 Å². The largest absolute Gasteiger partial charge is 0.507 e. The summed E-state index contributed by atoms with van der Waals surface area (Å²) < 4.78 is 3.88. The fourth-order valence-corrected chi connectivity index (χ4v) is 2.77. The molecule has 3 nitrogen and oxygen atoms in total. The van der Waals surface area contributed by atoms with Gasteiger partial charge in [0.05, 0.1) is 14.6 Å². The second-order valence-corrected chi connectivity index (χ2v) is 6.37. The fraction of sp³-hybridized carbons (Fsp3) is 0.0714. The first-order valence-corrected chi connectivity index (χ1v) is 7.54. The number of aryl methyl sites for hydroxylation is 1. The van der Waals surface area contributed by atoms with Crippen molar-refractivity contribution in [1.29, 1.82) is 0 Å². The highest BCUT2D eigenvalue weighted by Gasteiger charge is 2.11. The summed E-state index contributed by atoms with van der Waals surface area (Å²) in [6.45, 7) is 0.